The molecule has 1 heterocycles. The molecule has 1 aromatic heterocycles. The molecule has 0 spiro atoms. The van der Waals surface area contributed by atoms with Crippen LogP contribution in [-0.4, -0.2) is 9.97 Å². The highest BCUT2D eigenvalue weighted by molar-refractivity contribution is 6.31. The van der Waals surface area contributed by atoms with E-state index in [1.54, 1.807) is 0 Å². The molecule has 0 unspecified atom stereocenters. The van der Waals surface area contributed by atoms with E-state index in [2.05, 4.69) is 16.5 Å². The van der Waals surface area contributed by atoms with E-state index >= 15 is 0 Å². The van der Waals surface area contributed by atoms with Crippen molar-refractivity contribution >= 4 is 28.9 Å². The van der Waals surface area contributed by atoms with Gasteiger partial charge >= 0.3 is 0 Å². The number of nitrogens with two attached hydrogens (primary N) is 3. The highest BCUT2D eigenvalue weighted by Crippen LogP contribution is 2.19. The zero-order valence-corrected chi connectivity index (χ0v) is 6.97. The van der Waals surface area contributed by atoms with Crippen molar-refractivity contribution in [1.82, 2.24) is 9.97 Å². The fraction of sp³-hybridized carbons (Fsp3) is 0. The van der Waals surface area contributed by atoms with Crippen molar-refractivity contribution in [2.45, 2.75) is 0 Å². The molecule has 0 atom stereocenters. The summed E-state index contributed by atoms with van der Waals surface area (Å²) in [7, 11) is 0. The summed E-state index contributed by atoms with van der Waals surface area (Å²) in [5.74, 6) is 0.212. The van der Waals surface area contributed by atoms with E-state index in [4.69, 9.17) is 28.8 Å². The first-order valence-corrected chi connectivity index (χ1v) is 3.43. The molecule has 0 radical (unpaired) electrons. The van der Waals surface area contributed by atoms with Gasteiger partial charge in [-0.1, -0.05) is 18.2 Å². The van der Waals surface area contributed by atoms with Gasteiger partial charge in [-0.25, -0.2) is 9.97 Å². The summed E-state index contributed by atoms with van der Waals surface area (Å²) < 4.78 is 0. The number of aromatic nitrogens is 2. The molecule has 0 aliphatic rings. The zero-order valence-electron chi connectivity index (χ0n) is 6.21. The molecule has 0 aliphatic heterocycles. The number of hydrogen-bond acceptors (Lipinski definition) is 5. The van der Waals surface area contributed by atoms with Crippen LogP contribution in [0, 0.1) is 0 Å². The van der Waals surface area contributed by atoms with Crippen molar-refractivity contribution < 1.29 is 0 Å². The quantitative estimate of drug-likeness (QED) is 0.581. The lowest BCUT2D eigenvalue weighted by molar-refractivity contribution is 1.18. The van der Waals surface area contributed by atoms with Crippen molar-refractivity contribution in [2.24, 2.45) is 5.73 Å². The topological polar surface area (TPSA) is 104 Å². The summed E-state index contributed by atoms with van der Waals surface area (Å²) in [5.41, 5.74) is 16.6. The molecule has 64 valence electrons. The second-order valence-electron chi connectivity index (χ2n) is 2.16. The summed E-state index contributed by atoms with van der Waals surface area (Å²) in [4.78, 5) is 7.51. The molecule has 0 saturated heterocycles. The Bertz CT molecular complexity index is 335. The molecule has 12 heavy (non-hydrogen) atoms. The molecule has 0 fully saturated rings. The first kappa shape index (κ1) is 8.61. The molecule has 6 heteroatoms. The minimum Gasteiger partial charge on any atom is -0.397 e. The van der Waals surface area contributed by atoms with Crippen LogP contribution in [0.4, 0.5) is 11.6 Å². The molecule has 0 bridgehead atoms. The maximum Gasteiger partial charge on any atom is 0.172 e. The highest BCUT2D eigenvalue weighted by Gasteiger charge is 2.08. The van der Waals surface area contributed by atoms with Gasteiger partial charge in [0.2, 0.25) is 0 Å². The van der Waals surface area contributed by atoms with Gasteiger partial charge in [0.15, 0.2) is 16.8 Å². The standard InChI is InChI=1S/C6H8ClN5/c1-2(8)3-5(9)12-6(10)4(7)11-3/h1,8H2,(H4,9,10,12). The Balaban J connectivity index is 3.33. The Hall–Kier alpha value is -1.49. The first-order valence-electron chi connectivity index (χ1n) is 3.05. The molecular weight excluding hydrogens is 178 g/mol. The lowest BCUT2D eigenvalue weighted by atomic mass is 10.3. The number of anilines is 2. The monoisotopic (exact) mass is 185 g/mol. The number of nitrogens with zero attached hydrogens (tertiary/aromatic N) is 2. The van der Waals surface area contributed by atoms with Crippen LogP contribution in [0.5, 0.6) is 0 Å². The summed E-state index contributed by atoms with van der Waals surface area (Å²) in [6, 6.07) is 0. The van der Waals surface area contributed by atoms with Crippen LogP contribution in [0.15, 0.2) is 6.58 Å². The van der Waals surface area contributed by atoms with Crippen LogP contribution in [-0.2, 0) is 0 Å². The van der Waals surface area contributed by atoms with E-state index in [9.17, 15) is 0 Å². The smallest absolute Gasteiger partial charge is 0.172 e. The van der Waals surface area contributed by atoms with Gasteiger partial charge in [-0.05, 0) is 0 Å². The molecule has 1 aromatic rings. The summed E-state index contributed by atoms with van der Waals surface area (Å²) in [5, 5.41) is 0.0748. The predicted octanol–water partition coefficient (Wildman–Crippen LogP) is 0.224. The van der Waals surface area contributed by atoms with Gasteiger partial charge in [0.1, 0.15) is 5.69 Å². The Morgan fingerprint density at radius 2 is 1.83 bits per heavy atom. The molecule has 0 amide bonds. The third-order valence-electron chi connectivity index (χ3n) is 1.21. The Morgan fingerprint density at radius 3 is 2.33 bits per heavy atom. The van der Waals surface area contributed by atoms with Gasteiger partial charge in [0.05, 0.1) is 5.70 Å². The second-order valence-corrected chi connectivity index (χ2v) is 2.52. The predicted molar refractivity (Wildman–Crippen MR) is 49.1 cm³/mol. The fourth-order valence-electron chi connectivity index (χ4n) is 0.678. The minimum atomic E-state index is 0.0748. The summed E-state index contributed by atoms with van der Waals surface area (Å²) in [6.07, 6.45) is 0. The van der Waals surface area contributed by atoms with E-state index in [-0.39, 0.29) is 28.2 Å². The Kier molecular flexibility index (Phi) is 2.05. The van der Waals surface area contributed by atoms with Crippen molar-refractivity contribution in [3.05, 3.63) is 17.4 Å². The SMILES string of the molecule is C=C(N)c1nc(Cl)c(N)nc1N. The number of hydrogen-bond donors (Lipinski definition) is 3. The van der Waals surface area contributed by atoms with Crippen LogP contribution in [0.3, 0.4) is 0 Å². The van der Waals surface area contributed by atoms with Crippen molar-refractivity contribution in [3.63, 3.8) is 0 Å². The zero-order chi connectivity index (χ0) is 9.30. The minimum absolute atomic E-state index is 0.0748. The molecular formula is C6H8ClN5. The Morgan fingerprint density at radius 1 is 1.25 bits per heavy atom. The van der Waals surface area contributed by atoms with E-state index in [0.717, 1.165) is 0 Å². The van der Waals surface area contributed by atoms with Gasteiger partial charge in [0.25, 0.3) is 0 Å². The number of rotatable bonds is 1. The van der Waals surface area contributed by atoms with Gasteiger partial charge in [-0.15, -0.1) is 0 Å². The third-order valence-corrected chi connectivity index (χ3v) is 1.49. The van der Waals surface area contributed by atoms with E-state index in [1.807, 2.05) is 0 Å². The highest BCUT2D eigenvalue weighted by atomic mass is 35.5. The van der Waals surface area contributed by atoms with Gasteiger partial charge in [-0.3, -0.25) is 0 Å². The van der Waals surface area contributed by atoms with E-state index in [0.29, 0.717) is 0 Å². The van der Waals surface area contributed by atoms with E-state index < -0.39 is 0 Å². The average Bonchev–Trinajstić information content (AvgIpc) is 1.96. The molecule has 0 aromatic carbocycles. The molecule has 6 N–H and O–H groups in total. The lowest BCUT2D eigenvalue weighted by Gasteiger charge is -2.04. The molecule has 0 saturated carbocycles. The second kappa shape index (κ2) is 2.86. The van der Waals surface area contributed by atoms with Crippen LogP contribution >= 0.6 is 11.6 Å². The average molecular weight is 186 g/mol. The normalized spacial score (nSPS) is 9.75. The fourth-order valence-corrected chi connectivity index (χ4v) is 0.805. The maximum absolute atomic E-state index is 5.58. The van der Waals surface area contributed by atoms with Gasteiger partial charge in [0, 0.05) is 0 Å². The Labute approximate surface area is 74.2 Å². The van der Waals surface area contributed by atoms with E-state index in [1.165, 1.54) is 0 Å². The van der Waals surface area contributed by atoms with Crippen molar-refractivity contribution in [1.29, 1.82) is 0 Å². The molecule has 0 aliphatic carbocycles. The summed E-state index contributed by atoms with van der Waals surface area (Å²) in [6.45, 7) is 3.45. The summed E-state index contributed by atoms with van der Waals surface area (Å²) >= 11 is 5.58. The van der Waals surface area contributed by atoms with Crippen molar-refractivity contribution in [2.75, 3.05) is 11.5 Å². The van der Waals surface area contributed by atoms with Crippen LogP contribution in [0.2, 0.25) is 5.15 Å². The molecule has 1 rings (SSSR count). The largest absolute Gasteiger partial charge is 0.397 e. The van der Waals surface area contributed by atoms with Crippen LogP contribution in [0.1, 0.15) is 5.69 Å². The van der Waals surface area contributed by atoms with Gasteiger partial charge < -0.3 is 17.2 Å². The lowest BCUT2D eigenvalue weighted by Crippen LogP contribution is -2.07. The molecule has 5 nitrogen and oxygen atoms in total. The number of halogens is 1. The maximum atomic E-state index is 5.58. The van der Waals surface area contributed by atoms with Crippen LogP contribution < -0.4 is 17.2 Å². The third kappa shape index (κ3) is 1.40. The first-order chi connectivity index (χ1) is 5.52. The number of nitrogen functional groups attached to an aromatic ring is 2. The van der Waals surface area contributed by atoms with Gasteiger partial charge in [-0.2, -0.15) is 0 Å². The van der Waals surface area contributed by atoms with Crippen LogP contribution in [0.25, 0.3) is 5.70 Å². The van der Waals surface area contributed by atoms with Crippen molar-refractivity contribution in [3.8, 4) is 0 Å².